The molecule has 0 aliphatic carbocycles. The number of hydrogen-bond donors (Lipinski definition) is 1. The van der Waals surface area contributed by atoms with Crippen molar-refractivity contribution in [2.24, 2.45) is 0 Å². The highest BCUT2D eigenvalue weighted by Crippen LogP contribution is 2.27. The number of carbonyl (C=O) groups excluding carboxylic acids is 2. The lowest BCUT2D eigenvalue weighted by atomic mass is 10.2. The molecular weight excluding hydrogens is 387 g/mol. The minimum atomic E-state index is -0.530. The number of furan rings is 1. The van der Waals surface area contributed by atoms with Crippen molar-refractivity contribution >= 4 is 46.9 Å². The maximum atomic E-state index is 12.6. The molecule has 0 radical (unpaired) electrons. The molecule has 0 saturated carbocycles. The predicted molar refractivity (Wildman–Crippen MR) is 105 cm³/mol. The first-order chi connectivity index (χ1) is 13.0. The fourth-order valence-electron chi connectivity index (χ4n) is 2.70. The number of hydrogen-bond acceptors (Lipinski definition) is 3. The molecule has 1 aliphatic heterocycles. The van der Waals surface area contributed by atoms with Gasteiger partial charge in [-0.2, -0.15) is 0 Å². The van der Waals surface area contributed by atoms with Gasteiger partial charge in [0.25, 0.3) is 5.91 Å². The molecule has 4 rings (SSSR count). The van der Waals surface area contributed by atoms with Crippen molar-refractivity contribution in [2.75, 3.05) is 4.90 Å². The van der Waals surface area contributed by atoms with Crippen LogP contribution >= 0.6 is 23.2 Å². The third-order valence-corrected chi connectivity index (χ3v) is 4.51. The van der Waals surface area contributed by atoms with E-state index in [4.69, 9.17) is 27.6 Å². The molecule has 1 aromatic heterocycles. The minimum Gasteiger partial charge on any atom is -0.457 e. The summed E-state index contributed by atoms with van der Waals surface area (Å²) in [5.74, 6) is 0.609. The summed E-state index contributed by atoms with van der Waals surface area (Å²) >= 11 is 11.7. The molecule has 0 spiro atoms. The third-order valence-electron chi connectivity index (χ3n) is 4.01. The van der Waals surface area contributed by atoms with Crippen LogP contribution in [0.25, 0.3) is 17.4 Å². The summed E-state index contributed by atoms with van der Waals surface area (Å²) in [6, 6.07) is 16.6. The highest BCUT2D eigenvalue weighted by atomic mass is 35.5. The van der Waals surface area contributed by atoms with E-state index < -0.39 is 11.9 Å². The Morgan fingerprint density at radius 3 is 2.15 bits per heavy atom. The van der Waals surface area contributed by atoms with Crippen LogP contribution in [0.4, 0.5) is 10.5 Å². The van der Waals surface area contributed by atoms with Gasteiger partial charge in [-0.15, -0.1) is 0 Å². The molecule has 2 heterocycles. The van der Waals surface area contributed by atoms with Gasteiger partial charge in [0.2, 0.25) is 0 Å². The van der Waals surface area contributed by atoms with Gasteiger partial charge in [-0.3, -0.25) is 4.79 Å². The van der Waals surface area contributed by atoms with Crippen molar-refractivity contribution in [1.29, 1.82) is 0 Å². The average molecular weight is 399 g/mol. The maximum Gasteiger partial charge on any atom is 0.333 e. The zero-order valence-corrected chi connectivity index (χ0v) is 15.3. The van der Waals surface area contributed by atoms with E-state index in [-0.39, 0.29) is 5.70 Å². The maximum absolute atomic E-state index is 12.6. The Bertz CT molecular complexity index is 1050. The van der Waals surface area contributed by atoms with Gasteiger partial charge in [-0.1, -0.05) is 23.2 Å². The second-order valence-electron chi connectivity index (χ2n) is 5.81. The number of benzene rings is 2. The molecule has 2 aromatic carbocycles. The zero-order chi connectivity index (χ0) is 19.0. The monoisotopic (exact) mass is 398 g/mol. The SMILES string of the molecule is O=C1N/C(=C/c2ccc(-c3ccc(Cl)cc3)o2)C(=O)N1c1ccc(Cl)cc1. The number of amides is 3. The molecule has 0 bridgehead atoms. The Labute approximate surface area is 164 Å². The van der Waals surface area contributed by atoms with E-state index in [1.54, 1.807) is 48.5 Å². The molecule has 1 N–H and O–H groups in total. The van der Waals surface area contributed by atoms with Crippen molar-refractivity contribution < 1.29 is 14.0 Å². The lowest BCUT2D eigenvalue weighted by molar-refractivity contribution is -0.113. The molecule has 0 unspecified atom stereocenters. The van der Waals surface area contributed by atoms with Crippen LogP contribution in [-0.4, -0.2) is 11.9 Å². The molecule has 27 heavy (non-hydrogen) atoms. The number of imide groups is 1. The van der Waals surface area contributed by atoms with E-state index in [2.05, 4.69) is 5.32 Å². The molecule has 0 atom stereocenters. The van der Waals surface area contributed by atoms with Crippen LogP contribution in [-0.2, 0) is 4.79 Å². The Balaban J connectivity index is 1.59. The second kappa shape index (κ2) is 6.95. The van der Waals surface area contributed by atoms with Gasteiger partial charge < -0.3 is 9.73 Å². The third kappa shape index (κ3) is 3.47. The predicted octanol–water partition coefficient (Wildman–Crippen LogP) is 5.35. The zero-order valence-electron chi connectivity index (χ0n) is 13.8. The van der Waals surface area contributed by atoms with Crippen LogP contribution in [0.3, 0.4) is 0 Å². The van der Waals surface area contributed by atoms with Crippen LogP contribution in [0, 0.1) is 0 Å². The van der Waals surface area contributed by atoms with Crippen molar-refractivity contribution in [3.8, 4) is 11.3 Å². The van der Waals surface area contributed by atoms with E-state index in [1.165, 1.54) is 6.08 Å². The van der Waals surface area contributed by atoms with Crippen molar-refractivity contribution in [3.63, 3.8) is 0 Å². The average Bonchev–Trinajstić information content (AvgIpc) is 3.22. The van der Waals surface area contributed by atoms with E-state index >= 15 is 0 Å². The molecule has 3 aromatic rings. The number of urea groups is 1. The Kier molecular flexibility index (Phi) is 4.48. The molecule has 1 fully saturated rings. The fraction of sp³-hybridized carbons (Fsp3) is 0. The van der Waals surface area contributed by atoms with Crippen LogP contribution in [0.15, 0.2) is 70.8 Å². The van der Waals surface area contributed by atoms with Gasteiger partial charge in [-0.05, 0) is 60.7 Å². The van der Waals surface area contributed by atoms with Gasteiger partial charge in [0.1, 0.15) is 17.2 Å². The van der Waals surface area contributed by atoms with Crippen LogP contribution in [0.5, 0.6) is 0 Å². The molecule has 134 valence electrons. The van der Waals surface area contributed by atoms with Crippen molar-refractivity contribution in [2.45, 2.75) is 0 Å². The first kappa shape index (κ1) is 17.4. The summed E-state index contributed by atoms with van der Waals surface area (Å²) in [5, 5.41) is 3.71. The molecule has 1 saturated heterocycles. The topological polar surface area (TPSA) is 62.6 Å². The second-order valence-corrected chi connectivity index (χ2v) is 6.69. The summed E-state index contributed by atoms with van der Waals surface area (Å²) in [6.45, 7) is 0. The Morgan fingerprint density at radius 1 is 0.852 bits per heavy atom. The van der Waals surface area contributed by atoms with E-state index in [9.17, 15) is 9.59 Å². The van der Waals surface area contributed by atoms with Gasteiger partial charge in [-0.25, -0.2) is 9.69 Å². The molecule has 5 nitrogen and oxygen atoms in total. The Morgan fingerprint density at radius 2 is 1.48 bits per heavy atom. The number of nitrogens with one attached hydrogen (secondary N) is 1. The first-order valence-corrected chi connectivity index (χ1v) is 8.75. The first-order valence-electron chi connectivity index (χ1n) is 8.00. The highest BCUT2D eigenvalue weighted by Gasteiger charge is 2.35. The van der Waals surface area contributed by atoms with Crippen molar-refractivity contribution in [3.05, 3.63) is 82.2 Å². The van der Waals surface area contributed by atoms with Gasteiger partial charge in [0, 0.05) is 21.7 Å². The number of nitrogens with zero attached hydrogens (tertiary/aromatic N) is 1. The normalized spacial score (nSPS) is 15.5. The lowest BCUT2D eigenvalue weighted by Gasteiger charge is -2.11. The number of rotatable bonds is 3. The largest absolute Gasteiger partial charge is 0.457 e. The van der Waals surface area contributed by atoms with Crippen molar-refractivity contribution in [1.82, 2.24) is 5.32 Å². The summed E-state index contributed by atoms with van der Waals surface area (Å²) in [6.07, 6.45) is 1.50. The number of anilines is 1. The quantitative estimate of drug-likeness (QED) is 0.477. The summed E-state index contributed by atoms with van der Waals surface area (Å²) in [4.78, 5) is 25.9. The standard InChI is InChI=1S/C20H12Cl2N2O3/c21-13-3-1-12(2-4-13)18-10-9-16(27-18)11-17-19(25)24(20(26)23-17)15-7-5-14(22)6-8-15/h1-11H,(H,23,26)/b17-11+. The lowest BCUT2D eigenvalue weighted by Crippen LogP contribution is -2.30. The number of carbonyl (C=O) groups is 2. The van der Waals surface area contributed by atoms with Gasteiger partial charge >= 0.3 is 6.03 Å². The summed E-state index contributed by atoms with van der Waals surface area (Å²) < 4.78 is 5.75. The minimum absolute atomic E-state index is 0.131. The van der Waals surface area contributed by atoms with Crippen LogP contribution in [0.2, 0.25) is 10.0 Å². The molecular formula is C20H12Cl2N2O3. The van der Waals surface area contributed by atoms with Crippen LogP contribution in [0.1, 0.15) is 5.76 Å². The number of halogens is 2. The van der Waals surface area contributed by atoms with E-state index in [0.29, 0.717) is 27.3 Å². The smallest absolute Gasteiger partial charge is 0.333 e. The summed E-state index contributed by atoms with van der Waals surface area (Å²) in [7, 11) is 0. The summed E-state index contributed by atoms with van der Waals surface area (Å²) in [5.41, 5.74) is 1.42. The van der Waals surface area contributed by atoms with Gasteiger partial charge in [0.05, 0.1) is 5.69 Å². The molecule has 3 amide bonds. The Hall–Kier alpha value is -3.02. The van der Waals surface area contributed by atoms with E-state index in [0.717, 1.165) is 10.5 Å². The van der Waals surface area contributed by atoms with E-state index in [1.807, 2.05) is 12.1 Å². The molecule has 7 heteroatoms. The fourth-order valence-corrected chi connectivity index (χ4v) is 2.95. The van der Waals surface area contributed by atoms with Gasteiger partial charge in [0.15, 0.2) is 0 Å². The highest BCUT2D eigenvalue weighted by molar-refractivity contribution is 6.31. The molecule has 1 aliphatic rings. The van der Waals surface area contributed by atoms with Crippen LogP contribution < -0.4 is 10.2 Å².